The van der Waals surface area contributed by atoms with E-state index in [-0.39, 0.29) is 6.10 Å². The first-order valence-electron chi connectivity index (χ1n) is 6.25. The predicted octanol–water partition coefficient (Wildman–Crippen LogP) is 2.72. The zero-order chi connectivity index (χ0) is 11.6. The Hall–Kier alpha value is -0.860. The van der Waals surface area contributed by atoms with Crippen LogP contribution in [0.4, 0.5) is 0 Å². The first-order valence-corrected chi connectivity index (χ1v) is 6.25. The smallest absolute Gasteiger partial charge is 0.0664 e. The first kappa shape index (κ1) is 13.2. The molecule has 0 heterocycles. The van der Waals surface area contributed by atoms with Crippen molar-refractivity contribution in [2.45, 2.75) is 45.3 Å². The highest BCUT2D eigenvalue weighted by Crippen LogP contribution is 2.03. The lowest BCUT2D eigenvalue weighted by Gasteiger charge is -2.11. The highest BCUT2D eigenvalue weighted by atomic mass is 16.3. The molecule has 1 rings (SSSR count). The minimum atomic E-state index is -0.199. The molecule has 90 valence electrons. The average molecular weight is 221 g/mol. The van der Waals surface area contributed by atoms with Gasteiger partial charge >= 0.3 is 0 Å². The molecular formula is C14H23NO. The Morgan fingerprint density at radius 1 is 1.19 bits per heavy atom. The summed E-state index contributed by atoms with van der Waals surface area (Å²) in [4.78, 5) is 0. The van der Waals surface area contributed by atoms with Gasteiger partial charge in [0, 0.05) is 13.1 Å². The van der Waals surface area contributed by atoms with Crippen molar-refractivity contribution in [1.82, 2.24) is 5.32 Å². The maximum Gasteiger partial charge on any atom is 0.0664 e. The van der Waals surface area contributed by atoms with Gasteiger partial charge in [-0.25, -0.2) is 0 Å². The van der Waals surface area contributed by atoms with Gasteiger partial charge in [-0.2, -0.15) is 0 Å². The van der Waals surface area contributed by atoms with Crippen LogP contribution in [0.2, 0.25) is 0 Å². The Kier molecular flexibility index (Phi) is 6.86. The van der Waals surface area contributed by atoms with E-state index in [1.165, 1.54) is 18.4 Å². The minimum absolute atomic E-state index is 0.199. The highest BCUT2D eigenvalue weighted by Gasteiger charge is 2.02. The molecule has 0 amide bonds. The van der Waals surface area contributed by atoms with Crippen LogP contribution >= 0.6 is 0 Å². The molecule has 2 heteroatoms. The number of unbranched alkanes of at least 4 members (excludes halogenated alkanes) is 2. The molecule has 0 aromatic heterocycles. The van der Waals surface area contributed by atoms with E-state index in [9.17, 15) is 5.11 Å². The Morgan fingerprint density at radius 2 is 1.94 bits per heavy atom. The largest absolute Gasteiger partial charge is 0.392 e. The van der Waals surface area contributed by atoms with Crippen molar-refractivity contribution in [2.75, 3.05) is 6.54 Å². The molecule has 0 spiro atoms. The number of aliphatic hydroxyl groups excluding tert-OH is 1. The third-order valence-corrected chi connectivity index (χ3v) is 2.69. The standard InChI is InChI=1S/C14H23NO/c1-2-3-5-10-14(16)12-15-11-13-8-6-4-7-9-13/h4,6-9,14-16H,2-3,5,10-12H2,1H3/t14-/m1/s1. The maximum absolute atomic E-state index is 9.69. The predicted molar refractivity (Wildman–Crippen MR) is 68.3 cm³/mol. The van der Waals surface area contributed by atoms with Gasteiger partial charge in [-0.3, -0.25) is 0 Å². The summed E-state index contributed by atoms with van der Waals surface area (Å²) >= 11 is 0. The zero-order valence-electron chi connectivity index (χ0n) is 10.2. The summed E-state index contributed by atoms with van der Waals surface area (Å²) in [6, 6.07) is 10.3. The van der Waals surface area contributed by atoms with Gasteiger partial charge in [-0.05, 0) is 12.0 Å². The number of benzene rings is 1. The van der Waals surface area contributed by atoms with Gasteiger partial charge in [0.05, 0.1) is 6.10 Å². The van der Waals surface area contributed by atoms with Crippen molar-refractivity contribution in [3.63, 3.8) is 0 Å². The number of rotatable bonds is 8. The topological polar surface area (TPSA) is 32.3 Å². The molecule has 2 nitrogen and oxygen atoms in total. The molecule has 0 saturated heterocycles. The van der Waals surface area contributed by atoms with Gasteiger partial charge in [0.25, 0.3) is 0 Å². The van der Waals surface area contributed by atoms with Crippen LogP contribution in [0.25, 0.3) is 0 Å². The fraction of sp³-hybridized carbons (Fsp3) is 0.571. The van der Waals surface area contributed by atoms with Gasteiger partial charge in [0.2, 0.25) is 0 Å². The normalized spacial score (nSPS) is 12.6. The molecule has 16 heavy (non-hydrogen) atoms. The molecule has 0 aliphatic carbocycles. The summed E-state index contributed by atoms with van der Waals surface area (Å²) in [7, 11) is 0. The molecule has 0 bridgehead atoms. The van der Waals surface area contributed by atoms with Crippen LogP contribution in [0.3, 0.4) is 0 Å². The van der Waals surface area contributed by atoms with E-state index in [2.05, 4.69) is 24.4 Å². The van der Waals surface area contributed by atoms with E-state index < -0.39 is 0 Å². The van der Waals surface area contributed by atoms with E-state index in [0.717, 1.165) is 19.4 Å². The van der Waals surface area contributed by atoms with Crippen LogP contribution in [0, 0.1) is 0 Å². The van der Waals surface area contributed by atoms with E-state index in [1.807, 2.05) is 18.2 Å². The zero-order valence-corrected chi connectivity index (χ0v) is 10.2. The van der Waals surface area contributed by atoms with Gasteiger partial charge in [-0.1, -0.05) is 56.5 Å². The molecule has 1 aromatic rings. The van der Waals surface area contributed by atoms with Crippen molar-refractivity contribution in [3.8, 4) is 0 Å². The van der Waals surface area contributed by atoms with Crippen LogP contribution < -0.4 is 5.32 Å². The highest BCUT2D eigenvalue weighted by molar-refractivity contribution is 5.14. The third kappa shape index (κ3) is 5.89. The molecule has 1 atom stereocenters. The second kappa shape index (κ2) is 8.31. The lowest BCUT2D eigenvalue weighted by atomic mass is 10.1. The van der Waals surface area contributed by atoms with Crippen molar-refractivity contribution in [3.05, 3.63) is 35.9 Å². The molecule has 0 aliphatic rings. The first-order chi connectivity index (χ1) is 7.83. The van der Waals surface area contributed by atoms with Crippen LogP contribution in [-0.4, -0.2) is 17.8 Å². The van der Waals surface area contributed by atoms with Crippen molar-refractivity contribution >= 4 is 0 Å². The van der Waals surface area contributed by atoms with Crippen molar-refractivity contribution < 1.29 is 5.11 Å². The summed E-state index contributed by atoms with van der Waals surface area (Å²) in [6.45, 7) is 3.71. The second-order valence-corrected chi connectivity index (χ2v) is 4.27. The van der Waals surface area contributed by atoms with Gasteiger partial charge < -0.3 is 10.4 Å². The van der Waals surface area contributed by atoms with Crippen LogP contribution in [0.5, 0.6) is 0 Å². The quantitative estimate of drug-likeness (QED) is 0.662. The summed E-state index contributed by atoms with van der Waals surface area (Å²) in [5.41, 5.74) is 1.27. The lowest BCUT2D eigenvalue weighted by Crippen LogP contribution is -2.26. The van der Waals surface area contributed by atoms with Crippen LogP contribution in [0.1, 0.15) is 38.2 Å². The number of nitrogens with one attached hydrogen (secondary N) is 1. The van der Waals surface area contributed by atoms with Gasteiger partial charge in [0.15, 0.2) is 0 Å². The average Bonchev–Trinajstić information content (AvgIpc) is 2.31. The number of hydrogen-bond donors (Lipinski definition) is 2. The number of aliphatic hydroxyl groups is 1. The molecule has 0 unspecified atom stereocenters. The monoisotopic (exact) mass is 221 g/mol. The summed E-state index contributed by atoms with van der Waals surface area (Å²) in [6.07, 6.45) is 4.27. The Bertz CT molecular complexity index is 261. The Balaban J connectivity index is 2.06. The SMILES string of the molecule is CCCCC[C@@H](O)CNCc1ccccc1. The Labute approximate surface area is 98.7 Å². The molecule has 0 aliphatic heterocycles. The van der Waals surface area contributed by atoms with E-state index in [4.69, 9.17) is 0 Å². The van der Waals surface area contributed by atoms with Crippen LogP contribution in [-0.2, 0) is 6.54 Å². The molecule has 1 aromatic carbocycles. The van der Waals surface area contributed by atoms with Crippen molar-refractivity contribution in [2.24, 2.45) is 0 Å². The lowest BCUT2D eigenvalue weighted by molar-refractivity contribution is 0.158. The maximum atomic E-state index is 9.69. The number of hydrogen-bond acceptors (Lipinski definition) is 2. The van der Waals surface area contributed by atoms with Crippen LogP contribution in [0.15, 0.2) is 30.3 Å². The summed E-state index contributed by atoms with van der Waals surface area (Å²) in [5.74, 6) is 0. The molecule has 0 saturated carbocycles. The van der Waals surface area contributed by atoms with Gasteiger partial charge in [-0.15, -0.1) is 0 Å². The second-order valence-electron chi connectivity index (χ2n) is 4.27. The Morgan fingerprint density at radius 3 is 2.62 bits per heavy atom. The fourth-order valence-electron chi connectivity index (χ4n) is 1.71. The van der Waals surface area contributed by atoms with Gasteiger partial charge in [0.1, 0.15) is 0 Å². The third-order valence-electron chi connectivity index (χ3n) is 2.69. The molecule has 2 N–H and O–H groups in total. The molecule has 0 fully saturated rings. The fourth-order valence-corrected chi connectivity index (χ4v) is 1.71. The van der Waals surface area contributed by atoms with E-state index >= 15 is 0 Å². The molecular weight excluding hydrogens is 198 g/mol. The van der Waals surface area contributed by atoms with E-state index in [0.29, 0.717) is 6.54 Å². The molecule has 0 radical (unpaired) electrons. The van der Waals surface area contributed by atoms with E-state index in [1.54, 1.807) is 0 Å². The summed E-state index contributed by atoms with van der Waals surface area (Å²) in [5, 5.41) is 13.0. The van der Waals surface area contributed by atoms with Crippen molar-refractivity contribution in [1.29, 1.82) is 0 Å². The summed E-state index contributed by atoms with van der Waals surface area (Å²) < 4.78 is 0. The minimum Gasteiger partial charge on any atom is -0.392 e.